The van der Waals surface area contributed by atoms with Crippen LogP contribution in [0, 0.1) is 0 Å². The van der Waals surface area contributed by atoms with Crippen molar-refractivity contribution in [3.8, 4) is 11.5 Å². The van der Waals surface area contributed by atoms with E-state index in [-0.39, 0.29) is 11.5 Å². The van der Waals surface area contributed by atoms with Gasteiger partial charge in [-0.2, -0.15) is 5.10 Å². The summed E-state index contributed by atoms with van der Waals surface area (Å²) in [5.41, 5.74) is 2.32. The number of amides is 1. The molecule has 0 atom stereocenters. The van der Waals surface area contributed by atoms with E-state index in [9.17, 15) is 9.59 Å². The lowest BCUT2D eigenvalue weighted by molar-refractivity contribution is -0.121. The summed E-state index contributed by atoms with van der Waals surface area (Å²) in [6.45, 7) is 0.927. The lowest BCUT2D eigenvalue weighted by Crippen LogP contribution is -2.24. The van der Waals surface area contributed by atoms with E-state index in [0.717, 1.165) is 21.9 Å². The molecular formula is C24H26N4O4. The molecule has 0 aliphatic carbocycles. The first-order valence-electron chi connectivity index (χ1n) is 10.4. The Morgan fingerprint density at radius 3 is 2.69 bits per heavy atom. The van der Waals surface area contributed by atoms with Crippen LogP contribution in [0.1, 0.15) is 18.4 Å². The molecular weight excluding hydrogens is 408 g/mol. The number of nitrogens with one attached hydrogen (secondary N) is 1. The van der Waals surface area contributed by atoms with E-state index in [1.165, 1.54) is 4.68 Å². The molecule has 0 saturated heterocycles. The van der Waals surface area contributed by atoms with E-state index in [1.54, 1.807) is 33.5 Å². The number of methoxy groups -OCH3 is 2. The van der Waals surface area contributed by atoms with E-state index >= 15 is 0 Å². The molecule has 0 aliphatic heterocycles. The van der Waals surface area contributed by atoms with Gasteiger partial charge < -0.3 is 19.4 Å². The SMILES string of the molecule is COc1ccc(CNC(=O)CCCn2c3ccccc3c3cnn(C)c(=O)c32)c(OC)c1. The van der Waals surface area contributed by atoms with Crippen molar-refractivity contribution in [2.24, 2.45) is 7.05 Å². The van der Waals surface area contributed by atoms with Crippen molar-refractivity contribution in [2.45, 2.75) is 25.9 Å². The number of aromatic nitrogens is 3. The molecule has 8 nitrogen and oxygen atoms in total. The minimum Gasteiger partial charge on any atom is -0.497 e. The molecule has 2 aromatic carbocycles. The monoisotopic (exact) mass is 434 g/mol. The average molecular weight is 434 g/mol. The Bertz CT molecular complexity index is 1340. The molecule has 8 heteroatoms. The number of para-hydroxylation sites is 1. The van der Waals surface area contributed by atoms with E-state index < -0.39 is 0 Å². The van der Waals surface area contributed by atoms with Gasteiger partial charge in [0.25, 0.3) is 5.56 Å². The van der Waals surface area contributed by atoms with Gasteiger partial charge in [0.05, 0.1) is 20.4 Å². The van der Waals surface area contributed by atoms with E-state index in [0.29, 0.717) is 42.9 Å². The first-order valence-corrected chi connectivity index (χ1v) is 10.4. The molecule has 2 aromatic heterocycles. The predicted octanol–water partition coefficient (Wildman–Crippen LogP) is 3.00. The van der Waals surface area contributed by atoms with Crippen molar-refractivity contribution in [2.75, 3.05) is 14.2 Å². The van der Waals surface area contributed by atoms with Crippen LogP contribution in [-0.2, 0) is 24.9 Å². The Balaban J connectivity index is 1.45. The van der Waals surface area contributed by atoms with Gasteiger partial charge in [0.1, 0.15) is 17.0 Å². The Hall–Kier alpha value is -3.81. The summed E-state index contributed by atoms with van der Waals surface area (Å²) in [6.07, 6.45) is 2.67. The number of carbonyl (C=O) groups excluding carboxylic acids is 1. The molecule has 0 radical (unpaired) electrons. The van der Waals surface area contributed by atoms with Gasteiger partial charge in [0.2, 0.25) is 5.91 Å². The van der Waals surface area contributed by atoms with Gasteiger partial charge in [-0.1, -0.05) is 18.2 Å². The second-order valence-electron chi connectivity index (χ2n) is 7.56. The molecule has 0 spiro atoms. The third kappa shape index (κ3) is 4.03. The number of hydrogen-bond acceptors (Lipinski definition) is 5. The van der Waals surface area contributed by atoms with Crippen molar-refractivity contribution in [1.29, 1.82) is 0 Å². The molecule has 166 valence electrons. The van der Waals surface area contributed by atoms with Crippen molar-refractivity contribution in [3.63, 3.8) is 0 Å². The number of hydrogen-bond donors (Lipinski definition) is 1. The van der Waals surface area contributed by atoms with Crippen LogP contribution < -0.4 is 20.3 Å². The van der Waals surface area contributed by atoms with Crippen LogP contribution in [0.5, 0.6) is 11.5 Å². The largest absolute Gasteiger partial charge is 0.497 e. The van der Waals surface area contributed by atoms with Crippen molar-refractivity contribution < 1.29 is 14.3 Å². The van der Waals surface area contributed by atoms with Crippen LogP contribution in [0.25, 0.3) is 21.8 Å². The summed E-state index contributed by atoms with van der Waals surface area (Å²) >= 11 is 0. The highest BCUT2D eigenvalue weighted by molar-refractivity contribution is 6.07. The minimum atomic E-state index is -0.144. The van der Waals surface area contributed by atoms with Crippen LogP contribution in [0.3, 0.4) is 0 Å². The molecule has 4 aromatic rings. The second kappa shape index (κ2) is 9.13. The van der Waals surface area contributed by atoms with Crippen LogP contribution in [0.2, 0.25) is 0 Å². The number of nitrogens with zero attached hydrogens (tertiary/aromatic N) is 3. The molecule has 32 heavy (non-hydrogen) atoms. The van der Waals surface area contributed by atoms with Gasteiger partial charge in [0.15, 0.2) is 0 Å². The maximum Gasteiger partial charge on any atom is 0.291 e. The zero-order valence-electron chi connectivity index (χ0n) is 18.4. The molecule has 4 rings (SSSR count). The quantitative estimate of drug-likeness (QED) is 0.461. The Morgan fingerprint density at radius 1 is 1.09 bits per heavy atom. The highest BCUT2D eigenvalue weighted by Gasteiger charge is 2.15. The number of aryl methyl sites for hydroxylation is 2. The summed E-state index contributed by atoms with van der Waals surface area (Å²) in [7, 11) is 4.83. The molecule has 1 N–H and O–H groups in total. The maximum absolute atomic E-state index is 12.8. The molecule has 0 bridgehead atoms. The summed E-state index contributed by atoms with van der Waals surface area (Å²) in [4.78, 5) is 25.2. The second-order valence-corrected chi connectivity index (χ2v) is 7.56. The smallest absolute Gasteiger partial charge is 0.291 e. The molecule has 2 heterocycles. The molecule has 0 aliphatic rings. The van der Waals surface area contributed by atoms with Gasteiger partial charge in [-0.05, 0) is 24.6 Å². The molecule has 0 fully saturated rings. The Labute approximate surface area is 185 Å². The molecule has 1 amide bonds. The highest BCUT2D eigenvalue weighted by atomic mass is 16.5. The van der Waals surface area contributed by atoms with E-state index in [2.05, 4.69) is 10.4 Å². The fourth-order valence-corrected chi connectivity index (χ4v) is 3.95. The van der Waals surface area contributed by atoms with Gasteiger partial charge in [-0.25, -0.2) is 4.68 Å². The molecule has 0 saturated carbocycles. The first-order chi connectivity index (χ1) is 15.5. The lowest BCUT2D eigenvalue weighted by atomic mass is 10.2. The number of rotatable bonds is 8. The van der Waals surface area contributed by atoms with Gasteiger partial charge in [-0.15, -0.1) is 0 Å². The fraction of sp³-hybridized carbons (Fsp3) is 0.292. The summed E-state index contributed by atoms with van der Waals surface area (Å²) in [5, 5.41) is 8.93. The fourth-order valence-electron chi connectivity index (χ4n) is 3.95. The zero-order valence-corrected chi connectivity index (χ0v) is 18.4. The van der Waals surface area contributed by atoms with Gasteiger partial charge >= 0.3 is 0 Å². The normalized spacial score (nSPS) is 11.1. The predicted molar refractivity (Wildman–Crippen MR) is 123 cm³/mol. The third-order valence-corrected chi connectivity index (χ3v) is 5.62. The number of benzene rings is 2. The van der Waals surface area contributed by atoms with Gasteiger partial charge in [-0.3, -0.25) is 9.59 Å². The summed E-state index contributed by atoms with van der Waals surface area (Å²) in [5.74, 6) is 1.31. The summed E-state index contributed by atoms with van der Waals surface area (Å²) < 4.78 is 13.9. The molecule has 0 unspecified atom stereocenters. The lowest BCUT2D eigenvalue weighted by Gasteiger charge is -2.12. The van der Waals surface area contributed by atoms with Crippen LogP contribution in [0.15, 0.2) is 53.5 Å². The van der Waals surface area contributed by atoms with Crippen LogP contribution in [0.4, 0.5) is 0 Å². The topological polar surface area (TPSA) is 87.4 Å². The van der Waals surface area contributed by atoms with Gasteiger partial charge in [0, 0.05) is 54.5 Å². The Kier molecular flexibility index (Phi) is 6.11. The van der Waals surface area contributed by atoms with Crippen molar-refractivity contribution >= 4 is 27.7 Å². The zero-order chi connectivity index (χ0) is 22.7. The van der Waals surface area contributed by atoms with Crippen LogP contribution >= 0.6 is 0 Å². The standard InChI is InChI=1S/C24H26N4O4/c1-27-24(30)23-19(15-26-27)18-7-4-5-8-20(18)28(23)12-6-9-22(29)25-14-16-10-11-17(31-2)13-21(16)32-3/h4-5,7-8,10-11,13,15H,6,9,12,14H2,1-3H3,(H,25,29). The third-order valence-electron chi connectivity index (χ3n) is 5.62. The van der Waals surface area contributed by atoms with E-state index in [4.69, 9.17) is 9.47 Å². The number of ether oxygens (including phenoxy) is 2. The number of fused-ring (bicyclic) bond motifs is 3. The van der Waals surface area contributed by atoms with Crippen molar-refractivity contribution in [1.82, 2.24) is 19.7 Å². The minimum absolute atomic E-state index is 0.0572. The van der Waals surface area contributed by atoms with Crippen molar-refractivity contribution in [3.05, 3.63) is 64.6 Å². The summed E-state index contributed by atoms with van der Waals surface area (Å²) in [6, 6.07) is 13.4. The number of carbonyl (C=O) groups is 1. The average Bonchev–Trinajstić information content (AvgIpc) is 3.14. The highest BCUT2D eigenvalue weighted by Crippen LogP contribution is 2.27. The Morgan fingerprint density at radius 2 is 1.91 bits per heavy atom. The van der Waals surface area contributed by atoms with E-state index in [1.807, 2.05) is 41.0 Å². The first kappa shape index (κ1) is 21.4. The maximum atomic E-state index is 12.8. The van der Waals surface area contributed by atoms with Crippen LogP contribution in [-0.4, -0.2) is 34.5 Å².